The summed E-state index contributed by atoms with van der Waals surface area (Å²) in [6.45, 7) is 6.46. The van der Waals surface area contributed by atoms with E-state index >= 15 is 0 Å². The maximum absolute atomic E-state index is 11.7. The first kappa shape index (κ1) is 13.4. The number of carbonyl (C=O) groups excluding carboxylic acids is 1. The Morgan fingerprint density at radius 3 is 2.53 bits per heavy atom. The summed E-state index contributed by atoms with van der Waals surface area (Å²) < 4.78 is 6.95. The topological polar surface area (TPSA) is 84.7 Å². The quantitative estimate of drug-likeness (QED) is 0.874. The third-order valence-corrected chi connectivity index (χ3v) is 2.76. The third kappa shape index (κ3) is 3.04. The van der Waals surface area contributed by atoms with Crippen LogP contribution >= 0.6 is 0 Å². The SMILES string of the molecule is CC(C)(C)OC(=O)N1CC(n2cnc(C(=O)O)c2)C1. The molecule has 2 rings (SSSR count). The fourth-order valence-corrected chi connectivity index (χ4v) is 1.77. The molecule has 1 aliphatic rings. The highest BCUT2D eigenvalue weighted by Gasteiger charge is 2.34. The maximum atomic E-state index is 11.7. The van der Waals surface area contributed by atoms with E-state index in [1.54, 1.807) is 9.47 Å². The number of carbonyl (C=O) groups is 2. The number of hydrogen-bond acceptors (Lipinski definition) is 4. The van der Waals surface area contributed by atoms with Crippen LogP contribution in [-0.2, 0) is 4.74 Å². The predicted octanol–water partition coefficient (Wildman–Crippen LogP) is 1.37. The number of likely N-dealkylation sites (tertiary alicyclic amines) is 1. The van der Waals surface area contributed by atoms with Crippen LogP contribution in [0.3, 0.4) is 0 Å². The molecule has 0 radical (unpaired) electrons. The van der Waals surface area contributed by atoms with Gasteiger partial charge in [-0.15, -0.1) is 0 Å². The average molecular weight is 267 g/mol. The Balaban J connectivity index is 1.89. The van der Waals surface area contributed by atoms with E-state index in [-0.39, 0.29) is 17.8 Å². The van der Waals surface area contributed by atoms with Gasteiger partial charge in [-0.05, 0) is 20.8 Å². The molecule has 2 heterocycles. The Kier molecular flexibility index (Phi) is 3.21. The van der Waals surface area contributed by atoms with E-state index < -0.39 is 11.6 Å². The highest BCUT2D eigenvalue weighted by molar-refractivity contribution is 5.84. The van der Waals surface area contributed by atoms with Crippen molar-refractivity contribution in [2.75, 3.05) is 13.1 Å². The molecule has 0 aliphatic carbocycles. The van der Waals surface area contributed by atoms with Crippen LogP contribution in [0.4, 0.5) is 4.79 Å². The number of carboxylic acid groups (broad SMARTS) is 1. The van der Waals surface area contributed by atoms with E-state index in [9.17, 15) is 9.59 Å². The van der Waals surface area contributed by atoms with Gasteiger partial charge in [0.15, 0.2) is 5.69 Å². The van der Waals surface area contributed by atoms with Gasteiger partial charge in [0.05, 0.1) is 12.4 Å². The number of aromatic nitrogens is 2. The Bertz CT molecular complexity index is 497. The normalized spacial score (nSPS) is 16.1. The van der Waals surface area contributed by atoms with Crippen LogP contribution < -0.4 is 0 Å². The minimum atomic E-state index is -1.05. The molecule has 1 aliphatic heterocycles. The fraction of sp³-hybridized carbons (Fsp3) is 0.583. The first-order chi connectivity index (χ1) is 8.76. The molecular formula is C12H17N3O4. The molecule has 0 aromatic carbocycles. The Hall–Kier alpha value is -2.05. The van der Waals surface area contributed by atoms with E-state index in [1.165, 1.54) is 12.5 Å². The van der Waals surface area contributed by atoms with Gasteiger partial charge < -0.3 is 19.3 Å². The van der Waals surface area contributed by atoms with Crippen molar-refractivity contribution >= 4 is 12.1 Å². The van der Waals surface area contributed by atoms with E-state index in [0.717, 1.165) is 0 Å². The predicted molar refractivity (Wildman–Crippen MR) is 66.0 cm³/mol. The average Bonchev–Trinajstić information content (AvgIpc) is 2.61. The third-order valence-electron chi connectivity index (χ3n) is 2.76. The van der Waals surface area contributed by atoms with Crippen molar-refractivity contribution in [3.8, 4) is 0 Å². The first-order valence-electron chi connectivity index (χ1n) is 6.01. The monoisotopic (exact) mass is 267 g/mol. The summed E-state index contributed by atoms with van der Waals surface area (Å²) in [5.41, 5.74) is -0.496. The summed E-state index contributed by atoms with van der Waals surface area (Å²) in [6.07, 6.45) is 2.60. The molecule has 7 nitrogen and oxygen atoms in total. The molecule has 0 atom stereocenters. The lowest BCUT2D eigenvalue weighted by molar-refractivity contribution is 0.00101. The lowest BCUT2D eigenvalue weighted by Crippen LogP contribution is -2.52. The zero-order valence-electron chi connectivity index (χ0n) is 11.2. The van der Waals surface area contributed by atoms with Gasteiger partial charge in [0.2, 0.25) is 0 Å². The van der Waals surface area contributed by atoms with Crippen LogP contribution in [0.2, 0.25) is 0 Å². The molecule has 0 unspecified atom stereocenters. The standard InChI is InChI=1S/C12H17N3O4/c1-12(2,3)19-11(18)14-4-8(5-14)15-6-9(10(16)17)13-7-15/h6-8H,4-5H2,1-3H3,(H,16,17). The molecule has 0 saturated carbocycles. The van der Waals surface area contributed by atoms with Gasteiger partial charge >= 0.3 is 12.1 Å². The highest BCUT2D eigenvalue weighted by Crippen LogP contribution is 2.23. The van der Waals surface area contributed by atoms with Crippen molar-refractivity contribution in [1.29, 1.82) is 0 Å². The highest BCUT2D eigenvalue weighted by atomic mass is 16.6. The van der Waals surface area contributed by atoms with Gasteiger partial charge in [-0.3, -0.25) is 0 Å². The van der Waals surface area contributed by atoms with Crippen molar-refractivity contribution in [2.24, 2.45) is 0 Å². The van der Waals surface area contributed by atoms with E-state index in [0.29, 0.717) is 13.1 Å². The largest absolute Gasteiger partial charge is 0.476 e. The maximum Gasteiger partial charge on any atom is 0.410 e. The molecule has 104 valence electrons. The second-order valence-electron chi connectivity index (χ2n) is 5.55. The van der Waals surface area contributed by atoms with Gasteiger partial charge in [-0.1, -0.05) is 0 Å². The van der Waals surface area contributed by atoms with Gasteiger partial charge in [0, 0.05) is 19.3 Å². The van der Waals surface area contributed by atoms with Gasteiger partial charge in [0.1, 0.15) is 5.60 Å². The number of nitrogens with zero attached hydrogens (tertiary/aromatic N) is 3. The van der Waals surface area contributed by atoms with Crippen molar-refractivity contribution in [1.82, 2.24) is 14.5 Å². The summed E-state index contributed by atoms with van der Waals surface area (Å²) >= 11 is 0. The van der Waals surface area contributed by atoms with Crippen molar-refractivity contribution < 1.29 is 19.4 Å². The number of hydrogen-bond donors (Lipinski definition) is 1. The molecule has 1 aromatic rings. The van der Waals surface area contributed by atoms with E-state index in [2.05, 4.69) is 4.98 Å². The number of rotatable bonds is 2. The van der Waals surface area contributed by atoms with E-state index in [4.69, 9.17) is 9.84 Å². The molecule has 0 bridgehead atoms. The van der Waals surface area contributed by atoms with E-state index in [1.807, 2.05) is 20.8 Å². The zero-order valence-corrected chi connectivity index (χ0v) is 11.2. The van der Waals surface area contributed by atoms with Gasteiger partial charge in [0.25, 0.3) is 0 Å². The number of imidazole rings is 1. The summed E-state index contributed by atoms with van der Waals surface area (Å²) in [6, 6.07) is 0.0631. The van der Waals surface area contributed by atoms with Crippen LogP contribution in [0.1, 0.15) is 37.3 Å². The van der Waals surface area contributed by atoms with Crippen LogP contribution in [0.25, 0.3) is 0 Å². The molecule has 1 aromatic heterocycles. The molecule has 19 heavy (non-hydrogen) atoms. The number of aromatic carboxylic acids is 1. The summed E-state index contributed by atoms with van der Waals surface area (Å²) in [4.78, 5) is 27.8. The minimum Gasteiger partial charge on any atom is -0.476 e. The Morgan fingerprint density at radius 2 is 2.05 bits per heavy atom. The first-order valence-corrected chi connectivity index (χ1v) is 6.01. The number of carboxylic acids is 1. The van der Waals surface area contributed by atoms with Crippen LogP contribution in [-0.4, -0.2) is 50.3 Å². The minimum absolute atomic E-state index is 0.00992. The molecule has 7 heteroatoms. The lowest BCUT2D eigenvalue weighted by Gasteiger charge is -2.40. The lowest BCUT2D eigenvalue weighted by atomic mass is 10.1. The second-order valence-corrected chi connectivity index (χ2v) is 5.55. The Labute approximate surface area is 110 Å². The number of ether oxygens (including phenoxy) is 1. The van der Waals surface area contributed by atoms with Crippen molar-refractivity contribution in [3.63, 3.8) is 0 Å². The van der Waals surface area contributed by atoms with Crippen LogP contribution in [0.15, 0.2) is 12.5 Å². The van der Waals surface area contributed by atoms with Crippen molar-refractivity contribution in [3.05, 3.63) is 18.2 Å². The summed E-state index contributed by atoms with van der Waals surface area (Å²) in [7, 11) is 0. The molecule has 1 N–H and O–H groups in total. The molecule has 0 spiro atoms. The zero-order chi connectivity index (χ0) is 14.2. The fourth-order valence-electron chi connectivity index (χ4n) is 1.77. The smallest absolute Gasteiger partial charge is 0.410 e. The van der Waals surface area contributed by atoms with Crippen LogP contribution in [0, 0.1) is 0 Å². The molecule has 1 amide bonds. The molecular weight excluding hydrogens is 250 g/mol. The summed E-state index contributed by atoms with van der Waals surface area (Å²) in [5, 5.41) is 8.78. The van der Waals surface area contributed by atoms with Crippen LogP contribution in [0.5, 0.6) is 0 Å². The molecule has 1 saturated heterocycles. The molecule has 1 fully saturated rings. The van der Waals surface area contributed by atoms with Crippen molar-refractivity contribution in [2.45, 2.75) is 32.4 Å². The number of amides is 1. The van der Waals surface area contributed by atoms with Gasteiger partial charge in [-0.2, -0.15) is 0 Å². The van der Waals surface area contributed by atoms with Gasteiger partial charge in [-0.25, -0.2) is 14.6 Å². The second kappa shape index (κ2) is 4.56. The summed E-state index contributed by atoms with van der Waals surface area (Å²) in [5.74, 6) is -1.05. The Morgan fingerprint density at radius 1 is 1.42 bits per heavy atom.